The van der Waals surface area contributed by atoms with Gasteiger partial charge in [0.1, 0.15) is 5.97 Å². The quantitative estimate of drug-likeness (QED) is 0.652. The number of hydrogen-bond donors (Lipinski definition) is 0. The van der Waals surface area contributed by atoms with Crippen LogP contribution in [-0.2, 0) is 4.79 Å². The van der Waals surface area contributed by atoms with Gasteiger partial charge in [-0.15, -0.1) is 0 Å². The molecule has 1 aliphatic heterocycles. The van der Waals surface area contributed by atoms with Gasteiger partial charge in [0.25, 0.3) is 5.04 Å². The van der Waals surface area contributed by atoms with E-state index in [1.165, 1.54) is 11.8 Å². The zero-order valence-corrected chi connectivity index (χ0v) is 8.29. The molecule has 0 spiro atoms. The standard InChI is InChI=1S/C10H9NO2S/c12-10(13)9-11(6-7-14-9)8-4-2-1-3-5-8/h1-5H,6-7H2. The molecule has 4 heteroatoms. The minimum absolute atomic E-state index is 0.316. The minimum atomic E-state index is -1.09. The van der Waals surface area contributed by atoms with Gasteiger partial charge in [-0.25, -0.2) is 0 Å². The lowest BCUT2D eigenvalue weighted by atomic mass is 10.3. The summed E-state index contributed by atoms with van der Waals surface area (Å²) in [4.78, 5) is 10.8. The summed E-state index contributed by atoms with van der Waals surface area (Å²) >= 11 is 1.33. The number of para-hydroxylation sites is 1. The molecule has 14 heavy (non-hydrogen) atoms. The maximum Gasteiger partial charge on any atom is 0.263 e. The van der Waals surface area contributed by atoms with Crippen LogP contribution in [0.1, 0.15) is 0 Å². The predicted octanol–water partition coefficient (Wildman–Crippen LogP) is 0.226. The highest BCUT2D eigenvalue weighted by molar-refractivity contribution is 8.15. The van der Waals surface area contributed by atoms with Gasteiger partial charge in [0.2, 0.25) is 5.69 Å². The Hall–Kier alpha value is -1.29. The second-order valence-corrected chi connectivity index (χ2v) is 4.01. The summed E-state index contributed by atoms with van der Waals surface area (Å²) in [5.41, 5.74) is 0.914. The number of hydrogen-bond acceptors (Lipinski definition) is 3. The van der Waals surface area contributed by atoms with Crippen molar-refractivity contribution in [3.63, 3.8) is 0 Å². The van der Waals surface area contributed by atoms with Gasteiger partial charge in [0.15, 0.2) is 6.54 Å². The van der Waals surface area contributed by atoms with E-state index in [9.17, 15) is 9.90 Å². The number of carboxylic acid groups (broad SMARTS) is 1. The molecule has 0 radical (unpaired) electrons. The molecule has 0 fully saturated rings. The Bertz CT molecular complexity index is 386. The average Bonchev–Trinajstić information content (AvgIpc) is 2.67. The summed E-state index contributed by atoms with van der Waals surface area (Å²) in [5, 5.41) is 11.1. The molecular formula is C10H9NO2S. The third-order valence-corrected chi connectivity index (χ3v) is 3.09. The van der Waals surface area contributed by atoms with Crippen LogP contribution in [0.25, 0.3) is 0 Å². The summed E-state index contributed by atoms with van der Waals surface area (Å²) < 4.78 is 1.78. The Morgan fingerprint density at radius 2 is 2.07 bits per heavy atom. The van der Waals surface area contributed by atoms with E-state index in [0.29, 0.717) is 5.04 Å². The van der Waals surface area contributed by atoms with Crippen molar-refractivity contribution in [2.24, 2.45) is 0 Å². The van der Waals surface area contributed by atoms with Crippen LogP contribution in [0.5, 0.6) is 0 Å². The summed E-state index contributed by atoms with van der Waals surface area (Å²) in [6, 6.07) is 9.49. The first-order chi connectivity index (χ1) is 6.79. The number of benzene rings is 1. The molecule has 0 N–H and O–H groups in total. The molecule has 72 valence electrons. The Kier molecular flexibility index (Phi) is 2.54. The maximum absolute atomic E-state index is 10.8. The van der Waals surface area contributed by atoms with Crippen LogP contribution < -0.4 is 5.11 Å². The van der Waals surface area contributed by atoms with Gasteiger partial charge < -0.3 is 9.90 Å². The van der Waals surface area contributed by atoms with Crippen LogP contribution >= 0.6 is 11.8 Å². The fraction of sp³-hybridized carbons (Fsp3) is 0.200. The molecular weight excluding hydrogens is 198 g/mol. The monoisotopic (exact) mass is 207 g/mol. The van der Waals surface area contributed by atoms with E-state index in [1.807, 2.05) is 30.3 Å². The molecule has 1 aliphatic rings. The molecule has 0 saturated carbocycles. The Morgan fingerprint density at radius 3 is 2.71 bits per heavy atom. The van der Waals surface area contributed by atoms with Gasteiger partial charge in [0.05, 0.1) is 5.75 Å². The SMILES string of the molecule is O=C([O-])C1=[N+](c2ccccc2)CCS1. The molecule has 3 nitrogen and oxygen atoms in total. The smallest absolute Gasteiger partial charge is 0.263 e. The predicted molar refractivity (Wildman–Crippen MR) is 53.7 cm³/mol. The molecule has 1 heterocycles. The van der Waals surface area contributed by atoms with Gasteiger partial charge in [-0.3, -0.25) is 0 Å². The lowest BCUT2D eigenvalue weighted by molar-refractivity contribution is -0.431. The third kappa shape index (κ3) is 1.65. The average molecular weight is 207 g/mol. The van der Waals surface area contributed by atoms with Crippen LogP contribution in [-0.4, -0.2) is 27.9 Å². The fourth-order valence-electron chi connectivity index (χ4n) is 1.44. The number of aliphatic carboxylic acids is 1. The molecule has 1 aromatic rings. The second kappa shape index (κ2) is 3.84. The molecule has 0 saturated heterocycles. The van der Waals surface area contributed by atoms with Gasteiger partial charge in [-0.05, 0) is 11.8 Å². The van der Waals surface area contributed by atoms with Crippen molar-refractivity contribution in [2.75, 3.05) is 12.3 Å². The van der Waals surface area contributed by atoms with E-state index in [-0.39, 0.29) is 0 Å². The van der Waals surface area contributed by atoms with Crippen molar-refractivity contribution >= 4 is 28.5 Å². The van der Waals surface area contributed by atoms with Crippen molar-refractivity contribution in [3.05, 3.63) is 30.3 Å². The van der Waals surface area contributed by atoms with Gasteiger partial charge in [0, 0.05) is 12.1 Å². The lowest BCUT2D eigenvalue weighted by Crippen LogP contribution is -2.32. The van der Waals surface area contributed by atoms with Gasteiger partial charge >= 0.3 is 0 Å². The van der Waals surface area contributed by atoms with Crippen molar-refractivity contribution in [2.45, 2.75) is 0 Å². The number of carboxylic acids is 1. The van der Waals surface area contributed by atoms with Crippen LogP contribution in [0.2, 0.25) is 0 Å². The van der Waals surface area contributed by atoms with Crippen LogP contribution in [0, 0.1) is 0 Å². The first-order valence-corrected chi connectivity index (χ1v) is 5.31. The van der Waals surface area contributed by atoms with Crippen LogP contribution in [0.4, 0.5) is 5.69 Å². The van der Waals surface area contributed by atoms with Crippen molar-refractivity contribution in [3.8, 4) is 0 Å². The lowest BCUT2D eigenvalue weighted by Gasteiger charge is -2.00. The third-order valence-electron chi connectivity index (χ3n) is 2.04. The fourth-order valence-corrected chi connectivity index (χ4v) is 2.37. The van der Waals surface area contributed by atoms with Crippen molar-refractivity contribution in [1.82, 2.24) is 0 Å². The molecule has 1 aromatic carbocycles. The van der Waals surface area contributed by atoms with E-state index in [2.05, 4.69) is 0 Å². The largest absolute Gasteiger partial charge is 0.539 e. The molecule has 0 unspecified atom stereocenters. The van der Waals surface area contributed by atoms with Crippen molar-refractivity contribution in [1.29, 1.82) is 0 Å². The van der Waals surface area contributed by atoms with E-state index < -0.39 is 5.97 Å². The Morgan fingerprint density at radius 1 is 1.36 bits per heavy atom. The van der Waals surface area contributed by atoms with Gasteiger partial charge in [-0.1, -0.05) is 18.2 Å². The summed E-state index contributed by atoms with van der Waals surface area (Å²) in [7, 11) is 0. The van der Waals surface area contributed by atoms with E-state index in [4.69, 9.17) is 0 Å². The zero-order valence-electron chi connectivity index (χ0n) is 7.47. The summed E-state index contributed by atoms with van der Waals surface area (Å²) in [6.45, 7) is 0.734. The van der Waals surface area contributed by atoms with E-state index in [1.54, 1.807) is 4.58 Å². The molecule has 0 amide bonds. The molecule has 0 atom stereocenters. The molecule has 0 bridgehead atoms. The van der Waals surface area contributed by atoms with E-state index in [0.717, 1.165) is 18.0 Å². The number of rotatable bonds is 2. The zero-order chi connectivity index (χ0) is 9.97. The maximum atomic E-state index is 10.8. The first-order valence-electron chi connectivity index (χ1n) is 4.33. The Balaban J connectivity index is 2.43. The highest BCUT2D eigenvalue weighted by atomic mass is 32.2. The van der Waals surface area contributed by atoms with Crippen LogP contribution in [0.15, 0.2) is 30.3 Å². The second-order valence-electron chi connectivity index (χ2n) is 2.93. The van der Waals surface area contributed by atoms with E-state index >= 15 is 0 Å². The normalized spacial score (nSPS) is 16.0. The number of nitrogens with zero attached hydrogens (tertiary/aromatic N) is 1. The van der Waals surface area contributed by atoms with Gasteiger partial charge in [-0.2, -0.15) is 4.58 Å². The highest BCUT2D eigenvalue weighted by Gasteiger charge is 2.25. The highest BCUT2D eigenvalue weighted by Crippen LogP contribution is 2.20. The number of carbonyl (C=O) groups is 1. The molecule has 0 aliphatic carbocycles. The summed E-state index contributed by atoms with van der Waals surface area (Å²) in [6.07, 6.45) is 0. The summed E-state index contributed by atoms with van der Waals surface area (Å²) in [5.74, 6) is -0.283. The molecule has 0 aromatic heterocycles. The topological polar surface area (TPSA) is 43.1 Å². The first kappa shape index (κ1) is 9.27. The number of carbonyl (C=O) groups excluding carboxylic acids is 1. The Labute approximate surface area is 86.1 Å². The minimum Gasteiger partial charge on any atom is -0.539 e. The van der Waals surface area contributed by atoms with Crippen LogP contribution in [0.3, 0.4) is 0 Å². The number of thioether (sulfide) groups is 1. The van der Waals surface area contributed by atoms with Crippen molar-refractivity contribution < 1.29 is 14.5 Å². The molecule has 2 rings (SSSR count).